The molecule has 0 radical (unpaired) electrons. The quantitative estimate of drug-likeness (QED) is 0.344. The summed E-state index contributed by atoms with van der Waals surface area (Å²) in [7, 11) is 0. The zero-order valence-electron chi connectivity index (χ0n) is 11.2. The summed E-state index contributed by atoms with van der Waals surface area (Å²) in [5, 5.41) is -0.198. The van der Waals surface area contributed by atoms with Crippen molar-refractivity contribution < 1.29 is 13.9 Å². The van der Waals surface area contributed by atoms with E-state index in [4.69, 9.17) is 27.9 Å². The molecule has 6 heteroatoms. The number of rotatable bonds is 5. The van der Waals surface area contributed by atoms with Crippen molar-refractivity contribution in [2.75, 3.05) is 0 Å². The molecule has 0 spiro atoms. The van der Waals surface area contributed by atoms with Gasteiger partial charge in [0, 0.05) is 5.56 Å². The van der Waals surface area contributed by atoms with Gasteiger partial charge in [-0.1, -0.05) is 29.8 Å². The lowest BCUT2D eigenvalue weighted by atomic mass is 10.2. The zero-order chi connectivity index (χ0) is 16.1. The van der Waals surface area contributed by atoms with Crippen LogP contribution in [-0.2, 0) is 11.4 Å². The van der Waals surface area contributed by atoms with E-state index in [1.54, 1.807) is 24.3 Å². The molecule has 2 rings (SSSR count). The molecule has 0 unspecified atom stereocenters. The van der Waals surface area contributed by atoms with E-state index in [9.17, 15) is 9.18 Å². The van der Waals surface area contributed by atoms with Gasteiger partial charge in [0.25, 0.3) is 0 Å². The molecule has 114 valence electrons. The van der Waals surface area contributed by atoms with Crippen molar-refractivity contribution in [3.8, 4) is 5.75 Å². The molecule has 0 aromatic heterocycles. The van der Waals surface area contributed by atoms with E-state index in [1.165, 1.54) is 18.2 Å². The molecule has 2 nitrogen and oxygen atoms in total. The minimum atomic E-state index is -0.527. The molecule has 2 aromatic carbocycles. The van der Waals surface area contributed by atoms with Crippen LogP contribution in [0.4, 0.5) is 4.39 Å². The Labute approximate surface area is 151 Å². The predicted molar refractivity (Wildman–Crippen MR) is 94.8 cm³/mol. The molecule has 0 N–H and O–H groups in total. The Hall–Kier alpha value is -1.11. The lowest BCUT2D eigenvalue weighted by molar-refractivity contribution is -0.107. The third-order valence-corrected chi connectivity index (χ3v) is 4.08. The minimum Gasteiger partial charge on any atom is -0.488 e. The highest BCUT2D eigenvalue weighted by molar-refractivity contribution is 14.1. The van der Waals surface area contributed by atoms with Crippen molar-refractivity contribution in [3.05, 3.63) is 68.0 Å². The Morgan fingerprint density at radius 1 is 1.27 bits per heavy atom. The maximum atomic E-state index is 13.0. The van der Waals surface area contributed by atoms with Crippen molar-refractivity contribution in [1.29, 1.82) is 0 Å². The van der Waals surface area contributed by atoms with E-state index in [-0.39, 0.29) is 12.4 Å². The fraction of sp³-hybridized carbons (Fsp3) is 0.0625. The normalized spacial score (nSPS) is 10.9. The molecule has 0 saturated heterocycles. The van der Waals surface area contributed by atoms with Gasteiger partial charge in [0.05, 0.1) is 8.59 Å². The summed E-state index contributed by atoms with van der Waals surface area (Å²) in [6.07, 6.45) is 2.91. The second-order valence-corrected chi connectivity index (χ2v) is 6.29. The van der Waals surface area contributed by atoms with Crippen LogP contribution in [0.5, 0.6) is 5.75 Å². The molecule has 0 amide bonds. The van der Waals surface area contributed by atoms with Gasteiger partial charge in [0.1, 0.15) is 18.2 Å². The maximum Gasteiger partial charge on any atom is 0.245 e. The molecule has 0 saturated carbocycles. The smallest absolute Gasteiger partial charge is 0.245 e. The maximum absolute atomic E-state index is 13.0. The number of ether oxygens (including phenoxy) is 1. The Kier molecular flexibility index (Phi) is 6.23. The summed E-state index contributed by atoms with van der Waals surface area (Å²) >= 11 is 13.3. The number of hydrogen-bond donors (Lipinski definition) is 0. The fourth-order valence-corrected chi connectivity index (χ4v) is 2.67. The van der Waals surface area contributed by atoms with Gasteiger partial charge in [-0.25, -0.2) is 4.39 Å². The number of carbonyl (C=O) groups is 1. The number of allylic oxidation sites excluding steroid dienone is 1. The summed E-state index contributed by atoms with van der Waals surface area (Å²) < 4.78 is 19.5. The summed E-state index contributed by atoms with van der Waals surface area (Å²) in [6.45, 7) is 0.241. The molecule has 0 atom stereocenters. The monoisotopic (exact) mass is 450 g/mol. The van der Waals surface area contributed by atoms with Crippen LogP contribution in [0.15, 0.2) is 42.5 Å². The van der Waals surface area contributed by atoms with E-state index in [1.807, 2.05) is 6.07 Å². The molecular weight excluding hydrogens is 441 g/mol. The molecule has 0 aliphatic rings. The second-order valence-electron chi connectivity index (χ2n) is 4.35. The minimum absolute atomic E-state index is 0.241. The molecule has 0 fully saturated rings. The molecule has 0 aliphatic heterocycles. The molecule has 22 heavy (non-hydrogen) atoms. The summed E-state index contributed by atoms with van der Waals surface area (Å²) in [5.41, 5.74) is 1.54. The van der Waals surface area contributed by atoms with Crippen LogP contribution in [-0.4, -0.2) is 5.24 Å². The number of hydrogen-bond acceptors (Lipinski definition) is 2. The third-order valence-electron chi connectivity index (χ3n) is 2.76. The van der Waals surface area contributed by atoms with Gasteiger partial charge >= 0.3 is 0 Å². The van der Waals surface area contributed by atoms with E-state index in [2.05, 4.69) is 22.6 Å². The summed E-state index contributed by atoms with van der Waals surface area (Å²) in [4.78, 5) is 10.7. The lowest BCUT2D eigenvalue weighted by Crippen LogP contribution is -1.98. The number of carbonyl (C=O) groups excluding carboxylic acids is 1. The molecule has 0 aliphatic carbocycles. The SMILES string of the molecule is O=C(Cl)/C=C/c1ccc(OCc2ccc(F)cc2Cl)c(I)c1. The Morgan fingerprint density at radius 3 is 2.68 bits per heavy atom. The van der Waals surface area contributed by atoms with Gasteiger partial charge in [-0.05, 0) is 70.1 Å². The van der Waals surface area contributed by atoms with Crippen molar-refractivity contribution >= 4 is 57.1 Å². The highest BCUT2D eigenvalue weighted by Gasteiger charge is 2.06. The summed E-state index contributed by atoms with van der Waals surface area (Å²) in [6, 6.07) is 9.64. The van der Waals surface area contributed by atoms with Crippen molar-refractivity contribution in [3.63, 3.8) is 0 Å². The van der Waals surface area contributed by atoms with E-state index < -0.39 is 5.24 Å². The van der Waals surface area contributed by atoms with E-state index >= 15 is 0 Å². The van der Waals surface area contributed by atoms with Crippen LogP contribution < -0.4 is 4.74 Å². The molecule has 0 heterocycles. The predicted octanol–water partition coefficient (Wildman–Crippen LogP) is 5.44. The van der Waals surface area contributed by atoms with Crippen LogP contribution in [0.1, 0.15) is 11.1 Å². The average molecular weight is 451 g/mol. The lowest BCUT2D eigenvalue weighted by Gasteiger charge is -2.10. The van der Waals surface area contributed by atoms with Crippen LogP contribution >= 0.6 is 45.8 Å². The van der Waals surface area contributed by atoms with Gasteiger partial charge in [-0.2, -0.15) is 0 Å². The van der Waals surface area contributed by atoms with E-state index in [0.717, 1.165) is 9.13 Å². The van der Waals surface area contributed by atoms with Crippen LogP contribution in [0.3, 0.4) is 0 Å². The van der Waals surface area contributed by atoms with Gasteiger partial charge in [0.15, 0.2) is 0 Å². The van der Waals surface area contributed by atoms with Crippen molar-refractivity contribution in [2.45, 2.75) is 6.61 Å². The molecule has 2 aromatic rings. The standard InChI is InChI=1S/C16H10Cl2FIO2/c17-13-8-12(19)4-3-11(13)9-22-15-5-1-10(7-14(15)20)2-6-16(18)21/h1-8H,9H2/b6-2+. The molecule has 0 bridgehead atoms. The first kappa shape index (κ1) is 17.2. The largest absolute Gasteiger partial charge is 0.488 e. The third kappa shape index (κ3) is 4.97. The van der Waals surface area contributed by atoms with Gasteiger partial charge in [0.2, 0.25) is 5.24 Å². The van der Waals surface area contributed by atoms with Crippen LogP contribution in [0, 0.1) is 9.39 Å². The average Bonchev–Trinajstić information content (AvgIpc) is 2.45. The number of benzene rings is 2. The van der Waals surface area contributed by atoms with Gasteiger partial charge in [-0.3, -0.25) is 4.79 Å². The van der Waals surface area contributed by atoms with Gasteiger partial charge < -0.3 is 4.74 Å². The van der Waals surface area contributed by atoms with Crippen molar-refractivity contribution in [1.82, 2.24) is 0 Å². The fourth-order valence-electron chi connectivity index (χ4n) is 1.69. The topological polar surface area (TPSA) is 26.3 Å². The van der Waals surface area contributed by atoms with Gasteiger partial charge in [-0.15, -0.1) is 0 Å². The molecular formula is C16H10Cl2FIO2. The highest BCUT2D eigenvalue weighted by atomic mass is 127. The Bertz CT molecular complexity index is 732. The first-order chi connectivity index (χ1) is 10.5. The van der Waals surface area contributed by atoms with Crippen LogP contribution in [0.2, 0.25) is 5.02 Å². The zero-order valence-corrected chi connectivity index (χ0v) is 14.8. The van der Waals surface area contributed by atoms with E-state index in [0.29, 0.717) is 16.3 Å². The first-order valence-electron chi connectivity index (χ1n) is 6.19. The Balaban J connectivity index is 2.08. The highest BCUT2D eigenvalue weighted by Crippen LogP contribution is 2.25. The number of halogens is 4. The second kappa shape index (κ2) is 7.94. The first-order valence-corrected chi connectivity index (χ1v) is 8.03. The summed E-state index contributed by atoms with van der Waals surface area (Å²) in [5.74, 6) is 0.295. The Morgan fingerprint density at radius 2 is 2.05 bits per heavy atom. The van der Waals surface area contributed by atoms with Crippen LogP contribution in [0.25, 0.3) is 6.08 Å². The van der Waals surface area contributed by atoms with Crippen molar-refractivity contribution in [2.24, 2.45) is 0 Å².